The third-order valence-electron chi connectivity index (χ3n) is 3.43. The van der Waals surface area contributed by atoms with Crippen LogP contribution in [0.3, 0.4) is 0 Å². The first kappa shape index (κ1) is 16.2. The Bertz CT molecular complexity index is 830. The van der Waals surface area contributed by atoms with Gasteiger partial charge in [0.2, 0.25) is 0 Å². The Morgan fingerprint density at radius 1 is 1.22 bits per heavy atom. The van der Waals surface area contributed by atoms with Gasteiger partial charge in [0.25, 0.3) is 5.91 Å². The van der Waals surface area contributed by atoms with Gasteiger partial charge in [0, 0.05) is 5.56 Å². The number of aryl methyl sites for hydroxylation is 1. The number of benzene rings is 2. The zero-order chi connectivity index (χ0) is 16.6. The number of halogens is 2. The molecule has 0 aliphatic carbocycles. The summed E-state index contributed by atoms with van der Waals surface area (Å²) < 4.78 is 14.3. The molecule has 2 aromatic carbocycles. The summed E-state index contributed by atoms with van der Waals surface area (Å²) in [6.45, 7) is 1.91. The van der Waals surface area contributed by atoms with Crippen LogP contribution >= 0.6 is 35.6 Å². The van der Waals surface area contributed by atoms with Gasteiger partial charge in [-0.25, -0.2) is 4.39 Å². The van der Waals surface area contributed by atoms with Crippen LogP contribution in [0.25, 0.3) is 6.08 Å². The van der Waals surface area contributed by atoms with E-state index in [1.165, 1.54) is 23.1 Å². The maximum absolute atomic E-state index is 13.9. The van der Waals surface area contributed by atoms with Crippen molar-refractivity contribution in [3.05, 3.63) is 69.3 Å². The number of hydrogen-bond donors (Lipinski definition) is 0. The average Bonchev–Trinajstić information content (AvgIpc) is 2.78. The Morgan fingerprint density at radius 3 is 2.65 bits per heavy atom. The van der Waals surface area contributed by atoms with Gasteiger partial charge < -0.3 is 0 Å². The number of thiocarbonyl (C=S) groups is 1. The predicted molar refractivity (Wildman–Crippen MR) is 98.2 cm³/mol. The molecule has 23 heavy (non-hydrogen) atoms. The van der Waals surface area contributed by atoms with Crippen molar-refractivity contribution in [3.63, 3.8) is 0 Å². The first-order chi connectivity index (χ1) is 11.0. The SMILES string of the molecule is Cc1ccccc1N1C(=O)/C(=C/c2c(F)cccc2Cl)SC1=S. The van der Waals surface area contributed by atoms with E-state index >= 15 is 0 Å². The molecule has 0 saturated carbocycles. The van der Waals surface area contributed by atoms with E-state index < -0.39 is 5.82 Å². The number of nitrogens with zero attached hydrogens (tertiary/aromatic N) is 1. The number of para-hydroxylation sites is 1. The van der Waals surface area contributed by atoms with Crippen LogP contribution in [0, 0.1) is 12.7 Å². The highest BCUT2D eigenvalue weighted by Crippen LogP contribution is 2.38. The number of thioether (sulfide) groups is 1. The zero-order valence-electron chi connectivity index (χ0n) is 12.0. The van der Waals surface area contributed by atoms with Crippen molar-refractivity contribution in [2.75, 3.05) is 4.90 Å². The van der Waals surface area contributed by atoms with Gasteiger partial charge in [0.1, 0.15) is 5.82 Å². The van der Waals surface area contributed by atoms with Crippen molar-refractivity contribution in [1.82, 2.24) is 0 Å². The van der Waals surface area contributed by atoms with E-state index in [0.29, 0.717) is 9.23 Å². The second-order valence-corrected chi connectivity index (χ2v) is 7.02. The molecule has 1 heterocycles. The first-order valence-corrected chi connectivity index (χ1v) is 8.37. The zero-order valence-corrected chi connectivity index (χ0v) is 14.4. The van der Waals surface area contributed by atoms with Crippen LogP contribution in [0.2, 0.25) is 5.02 Å². The van der Waals surface area contributed by atoms with Gasteiger partial charge in [-0.05, 0) is 36.8 Å². The first-order valence-electron chi connectivity index (χ1n) is 6.76. The quantitative estimate of drug-likeness (QED) is 0.540. The van der Waals surface area contributed by atoms with Crippen LogP contribution in [-0.4, -0.2) is 10.2 Å². The number of anilines is 1. The minimum Gasteiger partial charge on any atom is -0.268 e. The molecule has 1 aliphatic rings. The lowest BCUT2D eigenvalue weighted by atomic mass is 10.1. The smallest absolute Gasteiger partial charge is 0.268 e. The lowest BCUT2D eigenvalue weighted by Gasteiger charge is -2.16. The van der Waals surface area contributed by atoms with Crippen molar-refractivity contribution in [3.8, 4) is 0 Å². The summed E-state index contributed by atoms with van der Waals surface area (Å²) >= 11 is 12.5. The molecule has 0 aromatic heterocycles. The average molecular weight is 364 g/mol. The Morgan fingerprint density at radius 2 is 1.96 bits per heavy atom. The molecule has 0 atom stereocenters. The summed E-state index contributed by atoms with van der Waals surface area (Å²) in [6, 6.07) is 11.9. The minimum atomic E-state index is -0.473. The number of amides is 1. The van der Waals surface area contributed by atoms with Crippen molar-refractivity contribution in [1.29, 1.82) is 0 Å². The number of hydrogen-bond acceptors (Lipinski definition) is 3. The van der Waals surface area contributed by atoms with Gasteiger partial charge in [-0.1, -0.05) is 59.8 Å². The molecule has 1 saturated heterocycles. The van der Waals surface area contributed by atoms with Gasteiger partial charge in [0.15, 0.2) is 4.32 Å². The summed E-state index contributed by atoms with van der Waals surface area (Å²) in [4.78, 5) is 14.5. The number of carbonyl (C=O) groups excluding carboxylic acids is 1. The summed E-state index contributed by atoms with van der Waals surface area (Å²) in [5.74, 6) is -0.743. The molecule has 116 valence electrons. The molecule has 1 fully saturated rings. The molecule has 0 spiro atoms. The normalized spacial score (nSPS) is 16.5. The summed E-state index contributed by atoms with van der Waals surface area (Å²) in [5, 5.41) is 0.256. The van der Waals surface area contributed by atoms with Crippen molar-refractivity contribution < 1.29 is 9.18 Å². The molecule has 6 heteroatoms. The molecule has 2 aromatic rings. The second-order valence-electron chi connectivity index (χ2n) is 4.94. The standard InChI is InChI=1S/C17H11ClFNOS2/c1-10-5-2-3-8-14(10)20-16(21)15(23-17(20)22)9-11-12(18)6-4-7-13(11)19/h2-9H,1H3/b15-9-. The van der Waals surface area contributed by atoms with E-state index in [1.807, 2.05) is 31.2 Å². The molecule has 0 unspecified atom stereocenters. The Kier molecular flexibility index (Phi) is 4.53. The fraction of sp³-hybridized carbons (Fsp3) is 0.0588. The highest BCUT2D eigenvalue weighted by atomic mass is 35.5. The Labute approximate surface area is 147 Å². The largest absolute Gasteiger partial charge is 0.270 e. The van der Waals surface area contributed by atoms with Gasteiger partial charge in [-0.2, -0.15) is 0 Å². The van der Waals surface area contributed by atoms with Crippen molar-refractivity contribution in [2.45, 2.75) is 6.92 Å². The topological polar surface area (TPSA) is 20.3 Å². The van der Waals surface area contributed by atoms with Crippen molar-refractivity contribution >= 4 is 57.6 Å². The highest BCUT2D eigenvalue weighted by molar-refractivity contribution is 8.27. The predicted octanol–water partition coefficient (Wildman–Crippen LogP) is 5.19. The summed E-state index contributed by atoms with van der Waals surface area (Å²) in [5.41, 5.74) is 1.87. The van der Waals surface area contributed by atoms with Crippen LogP contribution in [-0.2, 0) is 4.79 Å². The molecule has 3 rings (SSSR count). The van der Waals surface area contributed by atoms with Crippen LogP contribution in [0.1, 0.15) is 11.1 Å². The third kappa shape index (κ3) is 3.04. The van der Waals surface area contributed by atoms with E-state index in [4.69, 9.17) is 23.8 Å². The lowest BCUT2D eigenvalue weighted by Crippen LogP contribution is -2.28. The molecule has 2 nitrogen and oxygen atoms in total. The molecular formula is C17H11ClFNOS2. The van der Waals surface area contributed by atoms with Gasteiger partial charge >= 0.3 is 0 Å². The number of carbonyl (C=O) groups is 1. The van der Waals surface area contributed by atoms with Crippen LogP contribution in [0.5, 0.6) is 0 Å². The third-order valence-corrected chi connectivity index (χ3v) is 5.06. The molecule has 0 N–H and O–H groups in total. The van der Waals surface area contributed by atoms with Gasteiger partial charge in [-0.15, -0.1) is 0 Å². The molecule has 0 bridgehead atoms. The molecule has 0 radical (unpaired) electrons. The van der Waals surface area contributed by atoms with E-state index in [1.54, 1.807) is 6.07 Å². The lowest BCUT2D eigenvalue weighted by molar-refractivity contribution is -0.113. The summed E-state index contributed by atoms with van der Waals surface area (Å²) in [6.07, 6.45) is 1.45. The highest BCUT2D eigenvalue weighted by Gasteiger charge is 2.34. The Balaban J connectivity index is 2.02. The Hall–Kier alpha value is -1.69. The van der Waals surface area contributed by atoms with E-state index in [-0.39, 0.29) is 16.5 Å². The molecule has 1 amide bonds. The second kappa shape index (κ2) is 6.43. The van der Waals surface area contributed by atoms with Crippen LogP contribution < -0.4 is 4.90 Å². The van der Waals surface area contributed by atoms with Crippen molar-refractivity contribution in [2.24, 2.45) is 0 Å². The summed E-state index contributed by atoms with van der Waals surface area (Å²) in [7, 11) is 0. The maximum atomic E-state index is 13.9. The maximum Gasteiger partial charge on any atom is 0.270 e. The fourth-order valence-electron chi connectivity index (χ4n) is 2.27. The minimum absolute atomic E-state index is 0.194. The van der Waals surface area contributed by atoms with Crippen LogP contribution in [0.15, 0.2) is 47.4 Å². The number of rotatable bonds is 2. The molecule has 1 aliphatic heterocycles. The van der Waals surface area contributed by atoms with E-state index in [9.17, 15) is 9.18 Å². The van der Waals surface area contributed by atoms with Gasteiger partial charge in [-0.3, -0.25) is 9.69 Å². The van der Waals surface area contributed by atoms with E-state index in [2.05, 4.69) is 0 Å². The van der Waals surface area contributed by atoms with E-state index in [0.717, 1.165) is 23.0 Å². The molecular weight excluding hydrogens is 353 g/mol. The van der Waals surface area contributed by atoms with Gasteiger partial charge in [0.05, 0.1) is 15.6 Å². The van der Waals surface area contributed by atoms with Crippen LogP contribution in [0.4, 0.5) is 10.1 Å². The monoisotopic (exact) mass is 363 g/mol. The fourth-order valence-corrected chi connectivity index (χ4v) is 3.75.